The van der Waals surface area contributed by atoms with E-state index in [0.29, 0.717) is 0 Å². The fraction of sp³-hybridized carbons (Fsp3) is 0.467. The van der Waals surface area contributed by atoms with Gasteiger partial charge in [-0.3, -0.25) is 4.79 Å². The molecule has 104 valence electrons. The topological polar surface area (TPSA) is 55.4 Å². The number of nitrogens with one attached hydrogen (secondary N) is 1. The Kier molecular flexibility index (Phi) is 6.06. The van der Waals surface area contributed by atoms with Gasteiger partial charge in [-0.05, 0) is 18.1 Å². The summed E-state index contributed by atoms with van der Waals surface area (Å²) in [6.07, 6.45) is 1.02. The second-order valence-electron chi connectivity index (χ2n) is 4.52. The average Bonchev–Trinajstić information content (AvgIpc) is 2.44. The van der Waals surface area contributed by atoms with Crippen molar-refractivity contribution in [1.82, 2.24) is 0 Å². The summed E-state index contributed by atoms with van der Waals surface area (Å²) in [7, 11) is 0. The molecule has 2 atom stereocenters. The van der Waals surface area contributed by atoms with Crippen molar-refractivity contribution in [1.29, 1.82) is 0 Å². The number of benzene rings is 1. The molecule has 4 heteroatoms. The number of rotatable bonds is 6. The minimum atomic E-state index is -0.511. The van der Waals surface area contributed by atoms with E-state index in [1.54, 1.807) is 6.92 Å². The Morgan fingerprint density at radius 1 is 1.21 bits per heavy atom. The molecule has 19 heavy (non-hydrogen) atoms. The Morgan fingerprint density at radius 3 is 2.37 bits per heavy atom. The molecule has 0 saturated heterocycles. The fourth-order valence-electron chi connectivity index (χ4n) is 1.63. The molecule has 0 saturated carbocycles. The van der Waals surface area contributed by atoms with Crippen molar-refractivity contribution in [3.63, 3.8) is 0 Å². The Hall–Kier alpha value is -1.84. The molecule has 1 N–H and O–H groups in total. The van der Waals surface area contributed by atoms with E-state index in [-0.39, 0.29) is 12.3 Å². The molecule has 0 aliphatic heterocycles. The van der Waals surface area contributed by atoms with Gasteiger partial charge in [0.2, 0.25) is 0 Å². The van der Waals surface area contributed by atoms with E-state index in [9.17, 15) is 9.59 Å². The standard InChI is InChI=1S/C15H21NO3/c1-4-11(3)14(15(18)19-13(17)5-2)16-12-9-7-6-8-10-12/h6-11,14,16H,4-5H2,1-3H3/t11-,14-/m0/s1. The van der Waals surface area contributed by atoms with Crippen LogP contribution in [0.4, 0.5) is 5.69 Å². The second kappa shape index (κ2) is 7.56. The minimum Gasteiger partial charge on any atom is -0.392 e. The van der Waals surface area contributed by atoms with E-state index < -0.39 is 18.0 Å². The predicted molar refractivity (Wildman–Crippen MR) is 74.7 cm³/mol. The smallest absolute Gasteiger partial charge is 0.336 e. The molecule has 0 heterocycles. The lowest BCUT2D eigenvalue weighted by Crippen LogP contribution is -2.38. The SMILES string of the molecule is CCC(=O)OC(=O)[C@@H](Nc1ccccc1)[C@@H](C)CC. The third-order valence-electron chi connectivity index (χ3n) is 3.07. The van der Waals surface area contributed by atoms with E-state index in [1.165, 1.54) is 0 Å². The third-order valence-corrected chi connectivity index (χ3v) is 3.07. The lowest BCUT2D eigenvalue weighted by atomic mass is 9.99. The maximum atomic E-state index is 12.0. The van der Waals surface area contributed by atoms with Gasteiger partial charge < -0.3 is 10.1 Å². The summed E-state index contributed by atoms with van der Waals surface area (Å²) in [6.45, 7) is 5.62. The summed E-state index contributed by atoms with van der Waals surface area (Å²) in [6, 6.07) is 8.93. The zero-order chi connectivity index (χ0) is 14.3. The molecule has 1 rings (SSSR count). The molecule has 0 aliphatic rings. The molecule has 0 spiro atoms. The average molecular weight is 263 g/mol. The van der Waals surface area contributed by atoms with Gasteiger partial charge in [-0.25, -0.2) is 4.79 Å². The first-order chi connectivity index (χ1) is 9.08. The number of hydrogen-bond acceptors (Lipinski definition) is 4. The number of para-hydroxylation sites is 1. The van der Waals surface area contributed by atoms with Crippen LogP contribution >= 0.6 is 0 Å². The maximum Gasteiger partial charge on any atom is 0.336 e. The third kappa shape index (κ3) is 4.73. The van der Waals surface area contributed by atoms with E-state index in [4.69, 9.17) is 4.74 Å². The monoisotopic (exact) mass is 263 g/mol. The summed E-state index contributed by atoms with van der Waals surface area (Å²) in [5.41, 5.74) is 0.841. The first kappa shape index (κ1) is 15.2. The van der Waals surface area contributed by atoms with Crippen molar-refractivity contribution in [2.45, 2.75) is 39.7 Å². The largest absolute Gasteiger partial charge is 0.392 e. The number of carbonyl (C=O) groups is 2. The van der Waals surface area contributed by atoms with Crippen LogP contribution in [0, 0.1) is 5.92 Å². The van der Waals surface area contributed by atoms with Crippen molar-refractivity contribution in [2.24, 2.45) is 5.92 Å². The number of hydrogen-bond donors (Lipinski definition) is 1. The Morgan fingerprint density at radius 2 is 1.84 bits per heavy atom. The predicted octanol–water partition coefficient (Wildman–Crippen LogP) is 2.99. The molecular weight excluding hydrogens is 242 g/mol. The Labute approximate surface area is 114 Å². The molecule has 0 amide bonds. The summed E-state index contributed by atoms with van der Waals surface area (Å²) in [5.74, 6) is -0.921. The van der Waals surface area contributed by atoms with E-state index in [0.717, 1.165) is 12.1 Å². The lowest BCUT2D eigenvalue weighted by Gasteiger charge is -2.23. The van der Waals surface area contributed by atoms with Crippen LogP contribution in [0.2, 0.25) is 0 Å². The Balaban J connectivity index is 2.77. The molecular formula is C15H21NO3. The van der Waals surface area contributed by atoms with Gasteiger partial charge in [0.15, 0.2) is 0 Å². The summed E-state index contributed by atoms with van der Waals surface area (Å²) in [4.78, 5) is 23.2. The molecule has 0 aromatic heterocycles. The van der Waals surface area contributed by atoms with Crippen LogP contribution in [-0.4, -0.2) is 18.0 Å². The van der Waals surface area contributed by atoms with E-state index in [1.807, 2.05) is 44.2 Å². The van der Waals surface area contributed by atoms with Gasteiger partial charge in [0.25, 0.3) is 0 Å². The molecule has 1 aromatic carbocycles. The van der Waals surface area contributed by atoms with Crippen LogP contribution in [0.3, 0.4) is 0 Å². The van der Waals surface area contributed by atoms with Gasteiger partial charge in [0, 0.05) is 12.1 Å². The molecule has 0 bridgehead atoms. The zero-order valence-corrected chi connectivity index (χ0v) is 11.7. The van der Waals surface area contributed by atoms with Gasteiger partial charge in [0.05, 0.1) is 0 Å². The first-order valence-corrected chi connectivity index (χ1v) is 6.64. The lowest BCUT2D eigenvalue weighted by molar-refractivity contribution is -0.160. The normalized spacial score (nSPS) is 13.4. The molecule has 0 fully saturated rings. The number of esters is 2. The highest BCUT2D eigenvalue weighted by molar-refractivity contribution is 5.90. The second-order valence-corrected chi connectivity index (χ2v) is 4.52. The molecule has 1 aromatic rings. The highest BCUT2D eigenvalue weighted by Crippen LogP contribution is 2.16. The van der Waals surface area contributed by atoms with Crippen LogP contribution in [-0.2, 0) is 14.3 Å². The van der Waals surface area contributed by atoms with Gasteiger partial charge in [-0.2, -0.15) is 0 Å². The molecule has 0 aliphatic carbocycles. The van der Waals surface area contributed by atoms with Gasteiger partial charge in [0.1, 0.15) is 6.04 Å². The van der Waals surface area contributed by atoms with Crippen LogP contribution < -0.4 is 5.32 Å². The van der Waals surface area contributed by atoms with E-state index in [2.05, 4.69) is 5.32 Å². The number of ether oxygens (including phenoxy) is 1. The van der Waals surface area contributed by atoms with Crippen molar-refractivity contribution in [3.8, 4) is 0 Å². The summed E-state index contributed by atoms with van der Waals surface area (Å²) in [5, 5.41) is 3.13. The minimum absolute atomic E-state index is 0.0809. The van der Waals surface area contributed by atoms with E-state index >= 15 is 0 Å². The van der Waals surface area contributed by atoms with Gasteiger partial charge >= 0.3 is 11.9 Å². The van der Waals surface area contributed by atoms with Crippen LogP contribution in [0.15, 0.2) is 30.3 Å². The van der Waals surface area contributed by atoms with Crippen molar-refractivity contribution >= 4 is 17.6 Å². The Bertz CT molecular complexity index is 417. The van der Waals surface area contributed by atoms with Gasteiger partial charge in [-0.1, -0.05) is 45.4 Å². The van der Waals surface area contributed by atoms with Crippen LogP contribution in [0.25, 0.3) is 0 Å². The quantitative estimate of drug-likeness (QED) is 0.633. The number of anilines is 1. The zero-order valence-electron chi connectivity index (χ0n) is 11.7. The highest BCUT2D eigenvalue weighted by atomic mass is 16.6. The number of carbonyl (C=O) groups excluding carboxylic acids is 2. The molecule has 0 unspecified atom stereocenters. The molecule has 0 radical (unpaired) electrons. The van der Waals surface area contributed by atoms with Crippen LogP contribution in [0.5, 0.6) is 0 Å². The van der Waals surface area contributed by atoms with Crippen molar-refractivity contribution in [3.05, 3.63) is 30.3 Å². The maximum absolute atomic E-state index is 12.0. The van der Waals surface area contributed by atoms with Crippen molar-refractivity contribution < 1.29 is 14.3 Å². The first-order valence-electron chi connectivity index (χ1n) is 6.64. The summed E-state index contributed by atoms with van der Waals surface area (Å²) >= 11 is 0. The van der Waals surface area contributed by atoms with Crippen molar-refractivity contribution in [2.75, 3.05) is 5.32 Å². The van der Waals surface area contributed by atoms with Crippen LogP contribution in [0.1, 0.15) is 33.6 Å². The van der Waals surface area contributed by atoms with Gasteiger partial charge in [-0.15, -0.1) is 0 Å². The fourth-order valence-corrected chi connectivity index (χ4v) is 1.63. The highest BCUT2D eigenvalue weighted by Gasteiger charge is 2.27. The molecule has 4 nitrogen and oxygen atoms in total. The summed E-state index contributed by atoms with van der Waals surface area (Å²) < 4.78 is 4.82.